The highest BCUT2D eigenvalue weighted by molar-refractivity contribution is 6.99. The van der Waals surface area contributed by atoms with Gasteiger partial charge in [0.25, 0.3) is 0 Å². The summed E-state index contributed by atoms with van der Waals surface area (Å²) >= 11 is 13.5. The van der Waals surface area contributed by atoms with E-state index in [4.69, 9.17) is 23.2 Å². The Bertz CT molecular complexity index is 502. The quantitative estimate of drug-likeness (QED) is 0.909. The largest absolute Gasteiger partial charge is 0.305 e. The lowest BCUT2D eigenvalue weighted by Gasteiger charge is -2.18. The zero-order valence-electron chi connectivity index (χ0n) is 9.86. The van der Waals surface area contributed by atoms with Gasteiger partial charge in [0.05, 0.1) is 39.7 Å². The molecule has 1 aromatic heterocycles. The van der Waals surface area contributed by atoms with Crippen LogP contribution < -0.4 is 5.32 Å². The van der Waals surface area contributed by atoms with Crippen molar-refractivity contribution >= 4 is 34.9 Å². The lowest BCUT2D eigenvalue weighted by atomic mass is 10.0. The third-order valence-corrected chi connectivity index (χ3v) is 3.89. The maximum atomic E-state index is 6.27. The van der Waals surface area contributed by atoms with Crippen molar-refractivity contribution in [2.75, 3.05) is 6.54 Å². The lowest BCUT2D eigenvalue weighted by molar-refractivity contribution is 0.590. The monoisotopic (exact) mass is 301 g/mol. The molecule has 2 rings (SSSR count). The van der Waals surface area contributed by atoms with E-state index in [0.29, 0.717) is 10.0 Å². The normalized spacial score (nSPS) is 12.6. The second kappa shape index (κ2) is 6.48. The van der Waals surface area contributed by atoms with Crippen LogP contribution in [0.2, 0.25) is 10.0 Å². The van der Waals surface area contributed by atoms with Gasteiger partial charge in [-0.2, -0.15) is 8.75 Å². The molecule has 6 heteroatoms. The Hall–Kier alpha value is -0.680. The van der Waals surface area contributed by atoms with Crippen molar-refractivity contribution in [3.63, 3.8) is 0 Å². The second-order valence-corrected chi connectivity index (χ2v) is 5.20. The zero-order chi connectivity index (χ0) is 13.0. The predicted octanol–water partition coefficient (Wildman–Crippen LogP) is 3.93. The first-order chi connectivity index (χ1) is 8.74. The minimum Gasteiger partial charge on any atom is -0.305 e. The van der Waals surface area contributed by atoms with Crippen molar-refractivity contribution in [2.24, 2.45) is 0 Å². The summed E-state index contributed by atoms with van der Waals surface area (Å²) in [5.74, 6) is 0. The summed E-state index contributed by atoms with van der Waals surface area (Å²) in [4.78, 5) is 0. The molecule has 0 aliphatic rings. The molecule has 0 aliphatic carbocycles. The average Bonchev–Trinajstić information content (AvgIpc) is 2.88. The minimum atomic E-state index is -0.0603. The molecule has 1 heterocycles. The number of benzene rings is 1. The standard InChI is InChI=1S/C12H13Cl2N3S/c1-2-6-15-12(10-7-16-18-17-10)8-4-3-5-9(13)11(8)14/h3-5,7,12,15H,2,6H2,1H3. The fourth-order valence-electron chi connectivity index (χ4n) is 1.71. The molecule has 0 amide bonds. The summed E-state index contributed by atoms with van der Waals surface area (Å²) in [7, 11) is 0. The van der Waals surface area contributed by atoms with E-state index < -0.39 is 0 Å². The van der Waals surface area contributed by atoms with Crippen molar-refractivity contribution in [1.82, 2.24) is 14.1 Å². The molecule has 0 spiro atoms. The Morgan fingerprint density at radius 2 is 2.22 bits per heavy atom. The summed E-state index contributed by atoms with van der Waals surface area (Å²) in [6.07, 6.45) is 2.79. The van der Waals surface area contributed by atoms with Crippen LogP contribution in [0, 0.1) is 0 Å². The van der Waals surface area contributed by atoms with Crippen LogP contribution in [-0.4, -0.2) is 15.3 Å². The lowest BCUT2D eigenvalue weighted by Crippen LogP contribution is -2.23. The molecule has 1 aromatic carbocycles. The van der Waals surface area contributed by atoms with Crippen LogP contribution >= 0.6 is 34.9 Å². The fourth-order valence-corrected chi connectivity index (χ4v) is 2.57. The summed E-state index contributed by atoms with van der Waals surface area (Å²) in [6, 6.07) is 5.57. The first kappa shape index (κ1) is 13.7. The Morgan fingerprint density at radius 3 is 2.89 bits per heavy atom. The Kier molecular flexibility index (Phi) is 4.95. The molecule has 3 nitrogen and oxygen atoms in total. The Labute approximate surface area is 120 Å². The SMILES string of the molecule is CCCNC(c1cnsn1)c1cccc(Cl)c1Cl. The smallest absolute Gasteiger partial charge is 0.0958 e. The van der Waals surface area contributed by atoms with E-state index in [1.807, 2.05) is 12.1 Å². The molecule has 0 bridgehead atoms. The molecule has 18 heavy (non-hydrogen) atoms. The van der Waals surface area contributed by atoms with E-state index in [-0.39, 0.29) is 6.04 Å². The van der Waals surface area contributed by atoms with Crippen molar-refractivity contribution < 1.29 is 0 Å². The summed E-state index contributed by atoms with van der Waals surface area (Å²) in [6.45, 7) is 2.99. The van der Waals surface area contributed by atoms with Crippen LogP contribution in [0.3, 0.4) is 0 Å². The van der Waals surface area contributed by atoms with Crippen LogP contribution in [0.4, 0.5) is 0 Å². The number of nitrogens with one attached hydrogen (secondary N) is 1. The number of hydrogen-bond acceptors (Lipinski definition) is 4. The third kappa shape index (κ3) is 3.01. The topological polar surface area (TPSA) is 37.8 Å². The Balaban J connectivity index is 2.37. The average molecular weight is 302 g/mol. The molecule has 2 aromatic rings. The van der Waals surface area contributed by atoms with Gasteiger partial charge in [-0.1, -0.05) is 42.3 Å². The van der Waals surface area contributed by atoms with Gasteiger partial charge in [0.1, 0.15) is 0 Å². The van der Waals surface area contributed by atoms with E-state index >= 15 is 0 Å². The number of nitrogens with zero attached hydrogens (tertiary/aromatic N) is 2. The third-order valence-electron chi connectivity index (χ3n) is 2.57. The molecule has 0 fully saturated rings. The number of aromatic nitrogens is 2. The molecule has 1 atom stereocenters. The van der Waals surface area contributed by atoms with Gasteiger partial charge in [0, 0.05) is 0 Å². The first-order valence-electron chi connectivity index (χ1n) is 5.68. The molecule has 0 radical (unpaired) electrons. The Morgan fingerprint density at radius 1 is 1.39 bits per heavy atom. The van der Waals surface area contributed by atoms with Gasteiger partial charge in [-0.15, -0.1) is 0 Å². The van der Waals surface area contributed by atoms with E-state index in [1.54, 1.807) is 12.3 Å². The maximum Gasteiger partial charge on any atom is 0.0958 e. The molecular weight excluding hydrogens is 289 g/mol. The summed E-state index contributed by atoms with van der Waals surface area (Å²) in [5.41, 5.74) is 1.81. The van der Waals surface area contributed by atoms with Crippen LogP contribution in [0.25, 0.3) is 0 Å². The summed E-state index contributed by atoms with van der Waals surface area (Å²) in [5, 5.41) is 4.54. The van der Waals surface area contributed by atoms with Gasteiger partial charge in [-0.25, -0.2) is 0 Å². The van der Waals surface area contributed by atoms with Crippen molar-refractivity contribution in [2.45, 2.75) is 19.4 Å². The van der Waals surface area contributed by atoms with E-state index in [0.717, 1.165) is 24.2 Å². The van der Waals surface area contributed by atoms with Gasteiger partial charge < -0.3 is 5.32 Å². The molecule has 0 saturated carbocycles. The first-order valence-corrected chi connectivity index (χ1v) is 7.17. The highest BCUT2D eigenvalue weighted by Gasteiger charge is 2.19. The highest BCUT2D eigenvalue weighted by Crippen LogP contribution is 2.32. The van der Waals surface area contributed by atoms with Crippen LogP contribution in [0.15, 0.2) is 24.4 Å². The molecule has 0 aliphatic heterocycles. The van der Waals surface area contributed by atoms with E-state index in [2.05, 4.69) is 21.0 Å². The van der Waals surface area contributed by atoms with Gasteiger partial charge in [-0.05, 0) is 24.6 Å². The summed E-state index contributed by atoms with van der Waals surface area (Å²) < 4.78 is 8.33. The number of hydrogen-bond donors (Lipinski definition) is 1. The minimum absolute atomic E-state index is 0.0603. The zero-order valence-corrected chi connectivity index (χ0v) is 12.2. The van der Waals surface area contributed by atoms with Gasteiger partial charge in [0.15, 0.2) is 0 Å². The van der Waals surface area contributed by atoms with Crippen molar-refractivity contribution in [1.29, 1.82) is 0 Å². The molecule has 1 unspecified atom stereocenters. The van der Waals surface area contributed by atoms with Gasteiger partial charge >= 0.3 is 0 Å². The predicted molar refractivity (Wildman–Crippen MR) is 76.5 cm³/mol. The van der Waals surface area contributed by atoms with Gasteiger partial charge in [0.2, 0.25) is 0 Å². The van der Waals surface area contributed by atoms with Crippen molar-refractivity contribution in [3.05, 3.63) is 45.7 Å². The molecule has 1 N–H and O–H groups in total. The van der Waals surface area contributed by atoms with Crippen LogP contribution in [0.1, 0.15) is 30.6 Å². The van der Waals surface area contributed by atoms with E-state index in [1.165, 1.54) is 11.7 Å². The van der Waals surface area contributed by atoms with Crippen LogP contribution in [0.5, 0.6) is 0 Å². The second-order valence-electron chi connectivity index (χ2n) is 3.86. The van der Waals surface area contributed by atoms with Crippen molar-refractivity contribution in [3.8, 4) is 0 Å². The number of halogens is 2. The van der Waals surface area contributed by atoms with Crippen LogP contribution in [-0.2, 0) is 0 Å². The molecule has 0 saturated heterocycles. The van der Waals surface area contributed by atoms with E-state index in [9.17, 15) is 0 Å². The highest BCUT2D eigenvalue weighted by atomic mass is 35.5. The molecular formula is C12H13Cl2N3S. The maximum absolute atomic E-state index is 6.27. The number of rotatable bonds is 5. The van der Waals surface area contributed by atoms with Gasteiger partial charge in [-0.3, -0.25) is 0 Å². The fraction of sp³-hybridized carbons (Fsp3) is 0.333. The molecule has 96 valence electrons.